The third-order valence-electron chi connectivity index (χ3n) is 5.60. The van der Waals surface area contributed by atoms with E-state index in [2.05, 4.69) is 9.97 Å². The van der Waals surface area contributed by atoms with Crippen molar-refractivity contribution in [2.75, 3.05) is 0 Å². The van der Waals surface area contributed by atoms with E-state index in [1.54, 1.807) is 36.4 Å². The number of aromatic nitrogens is 2. The molecule has 0 amide bonds. The predicted octanol–water partition coefficient (Wildman–Crippen LogP) is 6.39. The van der Waals surface area contributed by atoms with Crippen molar-refractivity contribution in [3.05, 3.63) is 109 Å². The Morgan fingerprint density at radius 1 is 0.639 bits per heavy atom. The van der Waals surface area contributed by atoms with Gasteiger partial charge in [0.15, 0.2) is 24.0 Å². The van der Waals surface area contributed by atoms with Crippen molar-refractivity contribution in [1.29, 1.82) is 0 Å². The Bertz CT molecular complexity index is 1680. The van der Waals surface area contributed by atoms with E-state index in [1.165, 1.54) is 12.8 Å². The van der Waals surface area contributed by atoms with Crippen LogP contribution in [0.1, 0.15) is 20.7 Å². The number of hydrogen-bond acceptors (Lipinski definition) is 6. The number of oxazole rings is 2. The molecule has 0 bridgehead atoms. The number of aromatic carboxylic acids is 2. The predicted molar refractivity (Wildman–Crippen MR) is 133 cm³/mol. The third kappa shape index (κ3) is 4.43. The van der Waals surface area contributed by atoms with Crippen LogP contribution in [0.25, 0.3) is 44.5 Å². The standard InChI is InChI=1S/2C14H9NO3/c16-14(17)10-3-1-9(2-4-10)11-5-6-13-12(7-11)15-8-18-13;16-14(17)12-10(9-4-2-1-3-5-9)6-7-11-13(12)15-8-18-11/h2*1-8H,(H,16,17). The van der Waals surface area contributed by atoms with Crippen LogP contribution in [0.5, 0.6) is 0 Å². The molecule has 2 heterocycles. The van der Waals surface area contributed by atoms with Gasteiger partial charge in [-0.15, -0.1) is 0 Å². The first-order chi connectivity index (χ1) is 17.5. The Balaban J connectivity index is 0.000000148. The molecule has 0 atom stereocenters. The summed E-state index contributed by atoms with van der Waals surface area (Å²) in [6.07, 6.45) is 2.66. The van der Waals surface area contributed by atoms with E-state index in [9.17, 15) is 14.7 Å². The molecular weight excluding hydrogens is 460 g/mol. The lowest BCUT2D eigenvalue weighted by atomic mass is 9.99. The average Bonchev–Trinajstić information content (AvgIpc) is 3.58. The molecule has 2 N–H and O–H groups in total. The molecule has 0 aliphatic rings. The van der Waals surface area contributed by atoms with Crippen LogP contribution in [-0.2, 0) is 0 Å². The normalized spacial score (nSPS) is 10.7. The van der Waals surface area contributed by atoms with E-state index >= 15 is 0 Å². The summed E-state index contributed by atoms with van der Waals surface area (Å²) in [7, 11) is 0. The molecule has 0 aliphatic carbocycles. The minimum atomic E-state index is -1.01. The number of hydrogen-bond donors (Lipinski definition) is 2. The van der Waals surface area contributed by atoms with Gasteiger partial charge >= 0.3 is 11.9 Å². The second-order valence-corrected chi connectivity index (χ2v) is 7.78. The van der Waals surface area contributed by atoms with E-state index in [-0.39, 0.29) is 11.1 Å². The second kappa shape index (κ2) is 9.55. The summed E-state index contributed by atoms with van der Waals surface area (Å²) >= 11 is 0. The van der Waals surface area contributed by atoms with Crippen LogP contribution in [0.15, 0.2) is 107 Å². The first-order valence-electron chi connectivity index (χ1n) is 10.8. The molecule has 0 spiro atoms. The van der Waals surface area contributed by atoms with Crippen LogP contribution in [0.4, 0.5) is 0 Å². The number of carboxylic acids is 2. The maximum absolute atomic E-state index is 11.4. The highest BCUT2D eigenvalue weighted by Gasteiger charge is 2.18. The van der Waals surface area contributed by atoms with Gasteiger partial charge < -0.3 is 19.0 Å². The molecule has 0 saturated heterocycles. The van der Waals surface area contributed by atoms with Gasteiger partial charge in [-0.25, -0.2) is 19.6 Å². The molecule has 6 rings (SSSR count). The summed E-state index contributed by atoms with van der Waals surface area (Å²) < 4.78 is 10.3. The molecule has 0 radical (unpaired) electrons. The van der Waals surface area contributed by atoms with Gasteiger partial charge in [-0.2, -0.15) is 0 Å². The monoisotopic (exact) mass is 478 g/mol. The van der Waals surface area contributed by atoms with Gasteiger partial charge in [-0.3, -0.25) is 0 Å². The molecule has 6 aromatic rings. The number of nitrogens with zero attached hydrogens (tertiary/aromatic N) is 2. The van der Waals surface area contributed by atoms with Crippen LogP contribution in [0.2, 0.25) is 0 Å². The number of carboxylic acid groups (broad SMARTS) is 2. The van der Waals surface area contributed by atoms with Crippen LogP contribution in [0, 0.1) is 0 Å². The van der Waals surface area contributed by atoms with E-state index < -0.39 is 11.9 Å². The fraction of sp³-hybridized carbons (Fsp3) is 0. The third-order valence-corrected chi connectivity index (χ3v) is 5.60. The number of rotatable bonds is 4. The summed E-state index contributed by atoms with van der Waals surface area (Å²) in [6, 6.07) is 25.3. The molecule has 8 nitrogen and oxygen atoms in total. The maximum atomic E-state index is 11.4. The lowest BCUT2D eigenvalue weighted by Gasteiger charge is -2.06. The Hall–Kier alpha value is -5.24. The van der Waals surface area contributed by atoms with E-state index in [0.29, 0.717) is 16.7 Å². The summed E-state index contributed by atoms with van der Waals surface area (Å²) in [5.74, 6) is -1.93. The summed E-state index contributed by atoms with van der Waals surface area (Å²) in [5.41, 5.74) is 6.25. The van der Waals surface area contributed by atoms with E-state index in [4.69, 9.17) is 13.9 Å². The molecule has 4 aromatic carbocycles. The highest BCUT2D eigenvalue weighted by atomic mass is 16.4. The van der Waals surface area contributed by atoms with Gasteiger partial charge in [0.05, 0.1) is 11.1 Å². The molecule has 8 heteroatoms. The Kier molecular flexibility index (Phi) is 5.98. The van der Waals surface area contributed by atoms with Crippen molar-refractivity contribution < 1.29 is 28.6 Å². The highest BCUT2D eigenvalue weighted by Crippen LogP contribution is 2.29. The Morgan fingerprint density at radius 2 is 1.31 bits per heavy atom. The quantitative estimate of drug-likeness (QED) is 0.299. The molecule has 36 heavy (non-hydrogen) atoms. The Labute approximate surface area is 204 Å². The first kappa shape index (κ1) is 22.5. The van der Waals surface area contributed by atoms with Gasteiger partial charge in [0.25, 0.3) is 0 Å². The van der Waals surface area contributed by atoms with Gasteiger partial charge in [0, 0.05) is 0 Å². The van der Waals surface area contributed by atoms with Crippen molar-refractivity contribution in [3.63, 3.8) is 0 Å². The minimum absolute atomic E-state index is 0.174. The maximum Gasteiger partial charge on any atom is 0.338 e. The summed E-state index contributed by atoms with van der Waals surface area (Å²) in [4.78, 5) is 30.3. The van der Waals surface area contributed by atoms with Crippen molar-refractivity contribution in [3.8, 4) is 22.3 Å². The lowest BCUT2D eigenvalue weighted by Crippen LogP contribution is -2.00. The first-order valence-corrected chi connectivity index (χ1v) is 10.8. The van der Waals surface area contributed by atoms with Crippen molar-refractivity contribution in [2.24, 2.45) is 0 Å². The zero-order chi connectivity index (χ0) is 25.1. The fourth-order valence-corrected chi connectivity index (χ4v) is 3.85. The highest BCUT2D eigenvalue weighted by molar-refractivity contribution is 6.06. The molecule has 0 saturated carbocycles. The van der Waals surface area contributed by atoms with Gasteiger partial charge in [-0.1, -0.05) is 48.5 Å². The largest absolute Gasteiger partial charge is 0.478 e. The second-order valence-electron chi connectivity index (χ2n) is 7.78. The van der Waals surface area contributed by atoms with Crippen LogP contribution < -0.4 is 0 Å². The van der Waals surface area contributed by atoms with Crippen LogP contribution in [-0.4, -0.2) is 32.1 Å². The summed E-state index contributed by atoms with van der Waals surface area (Å²) in [6.45, 7) is 0. The molecular formula is C28H18N2O6. The van der Waals surface area contributed by atoms with Crippen LogP contribution >= 0.6 is 0 Å². The SMILES string of the molecule is O=C(O)c1c(-c2ccccc2)ccc2ocnc12.O=C(O)c1ccc(-c2ccc3ocnc3c2)cc1. The van der Waals surface area contributed by atoms with Gasteiger partial charge in [-0.05, 0) is 58.7 Å². The van der Waals surface area contributed by atoms with Crippen molar-refractivity contribution >= 4 is 34.1 Å². The van der Waals surface area contributed by atoms with Gasteiger partial charge in [0.1, 0.15) is 11.0 Å². The number of fused-ring (bicyclic) bond motifs is 2. The Morgan fingerprint density at radius 3 is 2.03 bits per heavy atom. The van der Waals surface area contributed by atoms with E-state index in [1.807, 2.05) is 48.5 Å². The van der Waals surface area contributed by atoms with E-state index in [0.717, 1.165) is 27.8 Å². The number of carbonyl (C=O) groups is 2. The zero-order valence-electron chi connectivity index (χ0n) is 18.7. The van der Waals surface area contributed by atoms with Crippen molar-refractivity contribution in [2.45, 2.75) is 0 Å². The molecule has 2 aromatic heterocycles. The molecule has 176 valence electrons. The minimum Gasteiger partial charge on any atom is -0.478 e. The lowest BCUT2D eigenvalue weighted by molar-refractivity contribution is 0.0687. The van der Waals surface area contributed by atoms with Crippen molar-refractivity contribution in [1.82, 2.24) is 9.97 Å². The van der Waals surface area contributed by atoms with Gasteiger partial charge in [0.2, 0.25) is 0 Å². The molecule has 0 unspecified atom stereocenters. The zero-order valence-corrected chi connectivity index (χ0v) is 18.7. The van der Waals surface area contributed by atoms with Crippen LogP contribution in [0.3, 0.4) is 0 Å². The fourth-order valence-electron chi connectivity index (χ4n) is 3.85. The average molecular weight is 478 g/mol. The smallest absolute Gasteiger partial charge is 0.338 e. The number of benzene rings is 4. The molecule has 0 aliphatic heterocycles. The topological polar surface area (TPSA) is 127 Å². The summed E-state index contributed by atoms with van der Waals surface area (Å²) in [5, 5.41) is 18.2. The molecule has 0 fully saturated rings.